The van der Waals surface area contributed by atoms with Crippen LogP contribution in [0.4, 0.5) is 0 Å². The van der Waals surface area contributed by atoms with Gasteiger partial charge in [-0.25, -0.2) is 0 Å². The minimum Gasteiger partial charge on any atom is -0.480 e. The number of aliphatic hydroxyl groups is 4. The number of hydrogen-bond acceptors (Lipinski definition) is 7. The fourth-order valence-corrected chi connectivity index (χ4v) is 2.76. The largest absolute Gasteiger partial charge is 0.480 e. The molecule has 100 valence electrons. The van der Waals surface area contributed by atoms with E-state index in [1.54, 1.807) is 0 Å². The van der Waals surface area contributed by atoms with Crippen LogP contribution in [0.25, 0.3) is 0 Å². The molecule has 1 heterocycles. The highest BCUT2D eigenvalue weighted by atomic mass is 32.2. The molecule has 6 atom stereocenters. The van der Waals surface area contributed by atoms with Crippen LogP contribution in [-0.4, -0.2) is 73.1 Å². The smallest absolute Gasteiger partial charge is 0.321 e. The van der Waals surface area contributed by atoms with E-state index < -0.39 is 41.8 Å². The van der Waals surface area contributed by atoms with Crippen molar-refractivity contribution in [3.8, 4) is 0 Å². The van der Waals surface area contributed by atoms with Crippen LogP contribution in [0.2, 0.25) is 0 Å². The normalized spacial score (nSPS) is 31.8. The van der Waals surface area contributed by atoms with Crippen molar-refractivity contribution in [1.82, 2.24) is 5.32 Å². The second kappa shape index (κ2) is 5.98. The van der Waals surface area contributed by atoms with Crippen LogP contribution in [-0.2, 0) is 4.79 Å². The van der Waals surface area contributed by atoms with Crippen molar-refractivity contribution in [3.63, 3.8) is 0 Å². The molecule has 7 nitrogen and oxygen atoms in total. The summed E-state index contributed by atoms with van der Waals surface area (Å²) in [7, 11) is 0. The van der Waals surface area contributed by atoms with E-state index in [0.717, 1.165) is 11.8 Å². The van der Waals surface area contributed by atoms with Gasteiger partial charge in [0.05, 0.1) is 11.5 Å². The van der Waals surface area contributed by atoms with Gasteiger partial charge in [0.25, 0.3) is 0 Å². The van der Waals surface area contributed by atoms with Crippen LogP contribution in [0.1, 0.15) is 6.92 Å². The van der Waals surface area contributed by atoms with E-state index in [0.29, 0.717) is 0 Å². The van der Waals surface area contributed by atoms with Gasteiger partial charge in [-0.3, -0.25) is 10.1 Å². The fourth-order valence-electron chi connectivity index (χ4n) is 1.50. The lowest BCUT2D eigenvalue weighted by Crippen LogP contribution is -2.51. The average molecular weight is 267 g/mol. The van der Waals surface area contributed by atoms with Gasteiger partial charge in [-0.1, -0.05) is 0 Å². The Morgan fingerprint density at radius 3 is 2.29 bits per heavy atom. The number of aliphatic carboxylic acids is 1. The molecule has 0 aromatic carbocycles. The summed E-state index contributed by atoms with van der Waals surface area (Å²) in [6.07, 6.45) is -5.54. The Bertz CT molecular complexity index is 276. The molecule has 6 N–H and O–H groups in total. The number of thioether (sulfide) groups is 1. The predicted octanol–water partition coefficient (Wildman–Crippen LogP) is -2.43. The molecule has 1 fully saturated rings. The molecule has 0 aliphatic carbocycles. The predicted molar refractivity (Wildman–Crippen MR) is 60.5 cm³/mol. The van der Waals surface area contributed by atoms with Crippen molar-refractivity contribution in [3.05, 3.63) is 0 Å². The molecule has 0 bridgehead atoms. The van der Waals surface area contributed by atoms with Crippen LogP contribution in [0, 0.1) is 0 Å². The van der Waals surface area contributed by atoms with Crippen LogP contribution < -0.4 is 5.32 Å². The zero-order chi connectivity index (χ0) is 13.2. The highest BCUT2D eigenvalue weighted by Crippen LogP contribution is 2.24. The zero-order valence-electron chi connectivity index (χ0n) is 9.22. The van der Waals surface area contributed by atoms with Crippen molar-refractivity contribution in [2.24, 2.45) is 0 Å². The molecule has 0 aromatic rings. The Kier molecular flexibility index (Phi) is 5.17. The number of aliphatic hydroxyl groups excluding tert-OH is 4. The molecule has 1 aliphatic rings. The third kappa shape index (κ3) is 3.54. The Balaban J connectivity index is 2.54. The Morgan fingerprint density at radius 1 is 1.29 bits per heavy atom. The molecule has 17 heavy (non-hydrogen) atoms. The lowest BCUT2D eigenvalue weighted by molar-refractivity contribution is -0.139. The highest BCUT2D eigenvalue weighted by molar-refractivity contribution is 8.00. The molecule has 0 saturated carbocycles. The zero-order valence-corrected chi connectivity index (χ0v) is 10.0. The number of carboxylic acid groups (broad SMARTS) is 1. The van der Waals surface area contributed by atoms with Crippen molar-refractivity contribution in [1.29, 1.82) is 0 Å². The lowest BCUT2D eigenvalue weighted by Gasteiger charge is -2.28. The van der Waals surface area contributed by atoms with Crippen molar-refractivity contribution in [2.45, 2.75) is 42.8 Å². The van der Waals surface area contributed by atoms with Crippen molar-refractivity contribution < 1.29 is 30.3 Å². The van der Waals surface area contributed by atoms with Gasteiger partial charge >= 0.3 is 5.97 Å². The van der Waals surface area contributed by atoms with Gasteiger partial charge in [0, 0.05) is 5.75 Å². The summed E-state index contributed by atoms with van der Waals surface area (Å²) in [5.74, 6) is -0.757. The first-order chi connectivity index (χ1) is 7.84. The number of hydrogen-bond donors (Lipinski definition) is 6. The molecule has 1 rings (SSSR count). The van der Waals surface area contributed by atoms with Gasteiger partial charge in [0.15, 0.2) is 0 Å². The molecule has 0 amide bonds. The highest BCUT2D eigenvalue weighted by Gasteiger charge is 2.39. The summed E-state index contributed by atoms with van der Waals surface area (Å²) >= 11 is 1.15. The third-order valence-electron chi connectivity index (χ3n) is 2.61. The van der Waals surface area contributed by atoms with E-state index in [1.807, 2.05) is 0 Å². The van der Waals surface area contributed by atoms with Crippen molar-refractivity contribution in [2.75, 3.05) is 5.75 Å². The van der Waals surface area contributed by atoms with Gasteiger partial charge in [-0.05, 0) is 6.92 Å². The van der Waals surface area contributed by atoms with Gasteiger partial charge in [-0.15, -0.1) is 11.8 Å². The molecule has 0 spiro atoms. The molecule has 0 unspecified atom stereocenters. The Labute approximate surface area is 102 Å². The molecule has 0 aromatic heterocycles. The number of carboxylic acids is 1. The van der Waals surface area contributed by atoms with E-state index in [9.17, 15) is 20.1 Å². The molecular formula is C9H17NO6S. The Morgan fingerprint density at radius 2 is 1.88 bits per heavy atom. The van der Waals surface area contributed by atoms with Gasteiger partial charge < -0.3 is 25.5 Å². The summed E-state index contributed by atoms with van der Waals surface area (Å²) in [5, 5.41) is 48.5. The SMILES string of the molecule is C[C@H](O)[C@H](O)[C@@H](O)[C@@H](O)[C@@H]1N[C@H](C(=O)O)CS1. The third-order valence-corrected chi connectivity index (χ3v) is 3.91. The quantitative estimate of drug-likeness (QED) is 0.324. The minimum absolute atomic E-state index is 0.272. The van der Waals surface area contributed by atoms with E-state index >= 15 is 0 Å². The lowest BCUT2D eigenvalue weighted by atomic mass is 10.0. The van der Waals surface area contributed by atoms with Gasteiger partial charge in [0.1, 0.15) is 24.4 Å². The molecule has 1 saturated heterocycles. The maximum Gasteiger partial charge on any atom is 0.321 e. The number of carbonyl (C=O) groups is 1. The second-order valence-corrected chi connectivity index (χ2v) is 5.20. The van der Waals surface area contributed by atoms with Crippen LogP contribution in [0.5, 0.6) is 0 Å². The van der Waals surface area contributed by atoms with E-state index in [1.165, 1.54) is 6.92 Å². The second-order valence-electron chi connectivity index (χ2n) is 4.02. The van der Waals surface area contributed by atoms with Crippen molar-refractivity contribution >= 4 is 17.7 Å². The molecule has 1 aliphatic heterocycles. The van der Waals surface area contributed by atoms with E-state index in [-0.39, 0.29) is 5.75 Å². The molecule has 8 heteroatoms. The first-order valence-electron chi connectivity index (χ1n) is 5.17. The monoisotopic (exact) mass is 267 g/mol. The van der Waals surface area contributed by atoms with E-state index in [4.69, 9.17) is 10.2 Å². The number of rotatable bonds is 5. The topological polar surface area (TPSA) is 130 Å². The maximum absolute atomic E-state index is 10.7. The maximum atomic E-state index is 10.7. The summed E-state index contributed by atoms with van der Waals surface area (Å²) in [6.45, 7) is 1.29. The Hall–Kier alpha value is -0.380. The first kappa shape index (κ1) is 14.7. The van der Waals surface area contributed by atoms with Crippen LogP contribution in [0.15, 0.2) is 0 Å². The first-order valence-corrected chi connectivity index (χ1v) is 6.22. The number of nitrogens with one attached hydrogen (secondary N) is 1. The standard InChI is InChI=1S/C9H17NO6S/c1-3(11)5(12)6(13)7(14)8-10-4(2-17-8)9(15)16/h3-8,10-14H,2H2,1H3,(H,15,16)/t3-,4-,5-,6+,7+,8+/m0/s1. The van der Waals surface area contributed by atoms with Crippen LogP contribution >= 0.6 is 11.8 Å². The fraction of sp³-hybridized carbons (Fsp3) is 0.889. The van der Waals surface area contributed by atoms with Gasteiger partial charge in [0.2, 0.25) is 0 Å². The molecule has 0 radical (unpaired) electrons. The summed E-state index contributed by atoms with van der Waals surface area (Å²) in [4.78, 5) is 10.7. The minimum atomic E-state index is -1.53. The van der Waals surface area contributed by atoms with Gasteiger partial charge in [-0.2, -0.15) is 0 Å². The summed E-state index contributed by atoms with van der Waals surface area (Å²) in [6, 6.07) is -0.782. The molecular weight excluding hydrogens is 250 g/mol. The van der Waals surface area contributed by atoms with E-state index in [2.05, 4.69) is 5.32 Å². The average Bonchev–Trinajstić information content (AvgIpc) is 2.75. The van der Waals surface area contributed by atoms with Crippen LogP contribution in [0.3, 0.4) is 0 Å². The summed E-state index contributed by atoms with van der Waals surface area (Å²) < 4.78 is 0. The summed E-state index contributed by atoms with van der Waals surface area (Å²) in [5.41, 5.74) is 0.